The van der Waals surface area contributed by atoms with Gasteiger partial charge in [-0.15, -0.1) is 0 Å². The average molecular weight is 304 g/mol. The number of halogens is 2. The molecule has 2 rings (SSSR count). The van der Waals surface area contributed by atoms with Crippen LogP contribution in [0.15, 0.2) is 18.2 Å². The first kappa shape index (κ1) is 14.4. The maximum Gasteiger partial charge on any atom is 0.319 e. The van der Waals surface area contributed by atoms with Gasteiger partial charge >= 0.3 is 6.03 Å². The Hall–Kier alpha value is -1.01. The quantitative estimate of drug-likeness (QED) is 0.801. The number of hydrogen-bond donors (Lipinski definition) is 3. The second kappa shape index (κ2) is 6.96. The highest BCUT2D eigenvalue weighted by Crippen LogP contribution is 2.24. The lowest BCUT2D eigenvalue weighted by Crippen LogP contribution is -2.45. The highest BCUT2D eigenvalue weighted by Gasteiger charge is 2.14. The van der Waals surface area contributed by atoms with Gasteiger partial charge in [0.15, 0.2) is 0 Å². The Morgan fingerprint density at radius 1 is 1.42 bits per heavy atom. The Balaban J connectivity index is 1.78. The van der Waals surface area contributed by atoms with E-state index >= 15 is 0 Å². The molecule has 1 aromatic rings. The third-order valence-electron chi connectivity index (χ3n) is 2.67. The van der Waals surface area contributed by atoms with E-state index in [0.717, 1.165) is 13.1 Å². The van der Waals surface area contributed by atoms with Crippen molar-refractivity contribution in [2.75, 3.05) is 31.6 Å². The van der Waals surface area contributed by atoms with Crippen molar-refractivity contribution in [3.05, 3.63) is 28.2 Å². The van der Waals surface area contributed by atoms with Gasteiger partial charge in [0.1, 0.15) is 0 Å². The van der Waals surface area contributed by atoms with E-state index in [4.69, 9.17) is 27.9 Å². The average Bonchev–Trinajstić information content (AvgIpc) is 2.42. The van der Waals surface area contributed by atoms with Gasteiger partial charge in [-0.3, -0.25) is 0 Å². The summed E-state index contributed by atoms with van der Waals surface area (Å²) in [7, 11) is 0. The molecule has 0 spiro atoms. The number of carbonyl (C=O) groups is 1. The van der Waals surface area contributed by atoms with Crippen LogP contribution in [0.2, 0.25) is 10.0 Å². The van der Waals surface area contributed by atoms with Crippen LogP contribution in [0.5, 0.6) is 0 Å². The van der Waals surface area contributed by atoms with Crippen molar-refractivity contribution in [1.29, 1.82) is 0 Å². The first-order valence-corrected chi connectivity index (χ1v) is 6.73. The SMILES string of the molecule is O=C(NCC1CNCCO1)Nc1ccc(Cl)c(Cl)c1. The van der Waals surface area contributed by atoms with Gasteiger partial charge in [0, 0.05) is 25.3 Å². The molecule has 19 heavy (non-hydrogen) atoms. The molecular formula is C12H15Cl2N3O2. The molecule has 1 saturated heterocycles. The number of benzene rings is 1. The molecule has 5 nitrogen and oxygen atoms in total. The first-order valence-electron chi connectivity index (χ1n) is 5.97. The molecule has 0 bridgehead atoms. The van der Waals surface area contributed by atoms with Gasteiger partial charge in [0.25, 0.3) is 0 Å². The van der Waals surface area contributed by atoms with Crippen molar-refractivity contribution in [2.24, 2.45) is 0 Å². The number of morpholine rings is 1. The number of hydrogen-bond acceptors (Lipinski definition) is 3. The summed E-state index contributed by atoms with van der Waals surface area (Å²) in [5, 5.41) is 9.47. The van der Waals surface area contributed by atoms with E-state index in [1.165, 1.54) is 0 Å². The maximum atomic E-state index is 11.7. The summed E-state index contributed by atoms with van der Waals surface area (Å²) in [6, 6.07) is 4.62. The maximum absolute atomic E-state index is 11.7. The number of carbonyl (C=O) groups excluding carboxylic acids is 1. The number of amides is 2. The van der Waals surface area contributed by atoms with Crippen LogP contribution in [0.25, 0.3) is 0 Å². The lowest BCUT2D eigenvalue weighted by Gasteiger charge is -2.23. The number of anilines is 1. The van der Waals surface area contributed by atoms with E-state index in [1.54, 1.807) is 18.2 Å². The van der Waals surface area contributed by atoms with E-state index in [-0.39, 0.29) is 12.1 Å². The largest absolute Gasteiger partial charge is 0.374 e. The monoisotopic (exact) mass is 303 g/mol. The summed E-state index contributed by atoms with van der Waals surface area (Å²) in [6.45, 7) is 2.72. The van der Waals surface area contributed by atoms with Crippen LogP contribution in [0, 0.1) is 0 Å². The third-order valence-corrected chi connectivity index (χ3v) is 3.41. The van der Waals surface area contributed by atoms with Crippen LogP contribution in [-0.2, 0) is 4.74 Å². The van der Waals surface area contributed by atoms with E-state index in [2.05, 4.69) is 16.0 Å². The van der Waals surface area contributed by atoms with E-state index in [0.29, 0.717) is 28.9 Å². The summed E-state index contributed by atoms with van der Waals surface area (Å²) in [6.07, 6.45) is 0.00769. The van der Waals surface area contributed by atoms with Crippen molar-refractivity contribution in [2.45, 2.75) is 6.10 Å². The minimum atomic E-state index is -0.299. The Bertz CT molecular complexity index is 451. The molecule has 104 valence electrons. The second-order valence-corrected chi connectivity index (χ2v) is 4.98. The fourth-order valence-corrected chi connectivity index (χ4v) is 2.00. The van der Waals surface area contributed by atoms with E-state index in [9.17, 15) is 4.79 Å². The van der Waals surface area contributed by atoms with E-state index in [1.807, 2.05) is 0 Å². The van der Waals surface area contributed by atoms with Crippen LogP contribution >= 0.6 is 23.2 Å². The predicted molar refractivity (Wildman–Crippen MR) is 76.1 cm³/mol. The molecule has 0 radical (unpaired) electrons. The third kappa shape index (κ3) is 4.54. The highest BCUT2D eigenvalue weighted by molar-refractivity contribution is 6.42. The fourth-order valence-electron chi connectivity index (χ4n) is 1.71. The van der Waals surface area contributed by atoms with Gasteiger partial charge in [-0.05, 0) is 18.2 Å². The summed E-state index contributed by atoms with van der Waals surface area (Å²) in [5.74, 6) is 0. The van der Waals surface area contributed by atoms with Gasteiger partial charge < -0.3 is 20.7 Å². The Morgan fingerprint density at radius 3 is 2.95 bits per heavy atom. The molecule has 1 atom stereocenters. The summed E-state index contributed by atoms with van der Waals surface area (Å²) in [4.78, 5) is 11.7. The normalized spacial score (nSPS) is 18.9. The predicted octanol–water partition coefficient (Wildman–Crippen LogP) is 2.10. The van der Waals surface area contributed by atoms with Crippen LogP contribution in [0.4, 0.5) is 10.5 Å². The molecule has 1 aliphatic rings. The van der Waals surface area contributed by atoms with Gasteiger partial charge in [0.05, 0.1) is 22.8 Å². The minimum Gasteiger partial charge on any atom is -0.374 e. The molecule has 3 N–H and O–H groups in total. The minimum absolute atomic E-state index is 0.00769. The molecule has 1 fully saturated rings. The van der Waals surface area contributed by atoms with Crippen molar-refractivity contribution >= 4 is 34.9 Å². The van der Waals surface area contributed by atoms with Crippen LogP contribution in [0.1, 0.15) is 0 Å². The Morgan fingerprint density at radius 2 is 2.26 bits per heavy atom. The van der Waals surface area contributed by atoms with Crippen molar-refractivity contribution in [3.63, 3.8) is 0 Å². The van der Waals surface area contributed by atoms with E-state index < -0.39 is 0 Å². The van der Waals surface area contributed by atoms with Gasteiger partial charge in [-0.1, -0.05) is 23.2 Å². The zero-order valence-corrected chi connectivity index (χ0v) is 11.7. The number of nitrogens with one attached hydrogen (secondary N) is 3. The molecule has 1 aromatic carbocycles. The highest BCUT2D eigenvalue weighted by atomic mass is 35.5. The lowest BCUT2D eigenvalue weighted by atomic mass is 10.3. The van der Waals surface area contributed by atoms with Crippen LogP contribution in [-0.4, -0.2) is 38.4 Å². The van der Waals surface area contributed by atoms with Gasteiger partial charge in [-0.2, -0.15) is 0 Å². The standard InChI is InChI=1S/C12H15Cl2N3O2/c13-10-2-1-8(5-11(10)14)17-12(18)16-7-9-6-15-3-4-19-9/h1-2,5,9,15H,3-4,6-7H2,(H2,16,17,18). The van der Waals surface area contributed by atoms with Crippen molar-refractivity contribution in [1.82, 2.24) is 10.6 Å². The summed E-state index contributed by atoms with van der Waals surface area (Å²) >= 11 is 11.7. The molecule has 0 aromatic heterocycles. The molecule has 1 aliphatic heterocycles. The zero-order chi connectivity index (χ0) is 13.7. The van der Waals surface area contributed by atoms with Crippen LogP contribution < -0.4 is 16.0 Å². The smallest absolute Gasteiger partial charge is 0.319 e. The molecule has 2 amide bonds. The topological polar surface area (TPSA) is 62.4 Å². The fraction of sp³-hybridized carbons (Fsp3) is 0.417. The van der Waals surface area contributed by atoms with Gasteiger partial charge in [-0.25, -0.2) is 4.79 Å². The molecule has 1 heterocycles. The number of rotatable bonds is 3. The molecule has 0 saturated carbocycles. The first-order chi connectivity index (χ1) is 9.15. The molecular weight excluding hydrogens is 289 g/mol. The Kier molecular flexibility index (Phi) is 5.27. The Labute approximate surface area is 121 Å². The summed E-state index contributed by atoms with van der Waals surface area (Å²) in [5.41, 5.74) is 0.592. The molecule has 1 unspecified atom stereocenters. The number of ether oxygens (including phenoxy) is 1. The summed E-state index contributed by atoms with van der Waals surface area (Å²) < 4.78 is 5.47. The zero-order valence-electron chi connectivity index (χ0n) is 10.2. The number of urea groups is 1. The molecule has 0 aliphatic carbocycles. The van der Waals surface area contributed by atoms with Crippen molar-refractivity contribution < 1.29 is 9.53 Å². The van der Waals surface area contributed by atoms with Crippen LogP contribution in [0.3, 0.4) is 0 Å². The van der Waals surface area contributed by atoms with Crippen molar-refractivity contribution in [3.8, 4) is 0 Å². The second-order valence-electron chi connectivity index (χ2n) is 4.16. The lowest BCUT2D eigenvalue weighted by molar-refractivity contribution is 0.0310. The molecule has 7 heteroatoms. The van der Waals surface area contributed by atoms with Gasteiger partial charge in [0.2, 0.25) is 0 Å².